The fourth-order valence-electron chi connectivity index (χ4n) is 4.64. The van der Waals surface area contributed by atoms with Crippen molar-refractivity contribution in [1.29, 1.82) is 5.41 Å². The van der Waals surface area contributed by atoms with Gasteiger partial charge in [-0.25, -0.2) is 9.59 Å². The Morgan fingerprint density at radius 3 is 2.20 bits per heavy atom. The first-order valence-corrected chi connectivity index (χ1v) is 13.7. The van der Waals surface area contributed by atoms with Crippen molar-refractivity contribution in [1.82, 2.24) is 5.32 Å². The summed E-state index contributed by atoms with van der Waals surface area (Å²) in [6, 6.07) is 8.91. The molecule has 2 amide bonds. The van der Waals surface area contributed by atoms with Crippen molar-refractivity contribution in [2.45, 2.75) is 56.6 Å². The summed E-state index contributed by atoms with van der Waals surface area (Å²) in [5.41, 5.74) is 10.2. The minimum absolute atomic E-state index is 0.00600. The first-order chi connectivity index (χ1) is 21.7. The lowest BCUT2D eigenvalue weighted by Gasteiger charge is -2.22. The lowest BCUT2D eigenvalue weighted by molar-refractivity contribution is -0.151. The van der Waals surface area contributed by atoms with Crippen molar-refractivity contribution in [3.05, 3.63) is 59.2 Å². The van der Waals surface area contributed by atoms with Crippen LogP contribution in [0.4, 0.5) is 5.69 Å². The zero-order valence-corrected chi connectivity index (χ0v) is 24.3. The molecular formula is C29H32N6O11. The molecule has 0 bridgehead atoms. The molecule has 0 saturated carbocycles. The second-order valence-corrected chi connectivity index (χ2v) is 10.4. The summed E-state index contributed by atoms with van der Waals surface area (Å²) >= 11 is 0. The Balaban J connectivity index is 1.86. The zero-order chi connectivity index (χ0) is 34.0. The highest BCUT2D eigenvalue weighted by Crippen LogP contribution is 2.35. The van der Waals surface area contributed by atoms with Gasteiger partial charge in [0.2, 0.25) is 11.8 Å². The van der Waals surface area contributed by atoms with Gasteiger partial charge in [0.1, 0.15) is 11.8 Å². The van der Waals surface area contributed by atoms with E-state index in [0.29, 0.717) is 11.3 Å². The SMILES string of the molecule is N=C(N)Nc1ccc(C(=O)Oc2ccc(CCC(=O)N[C@@H](CCC(N)=O)C(=O)O)c(C3=NOC(CC(=O)O)(CC(=O)O)C3)c2)cc1. The lowest BCUT2D eigenvalue weighted by atomic mass is 9.86. The van der Waals surface area contributed by atoms with Gasteiger partial charge in [0, 0.05) is 30.5 Å². The Labute approximate surface area is 261 Å². The minimum atomic E-state index is -1.70. The Hall–Kier alpha value is -6.00. The number of carbonyl (C=O) groups excluding carboxylic acids is 3. The zero-order valence-electron chi connectivity index (χ0n) is 24.3. The van der Waals surface area contributed by atoms with Gasteiger partial charge >= 0.3 is 23.9 Å². The molecule has 0 unspecified atom stereocenters. The van der Waals surface area contributed by atoms with Gasteiger partial charge in [-0.3, -0.25) is 24.6 Å². The predicted molar refractivity (Wildman–Crippen MR) is 159 cm³/mol. The number of primary amides is 1. The monoisotopic (exact) mass is 640 g/mol. The Morgan fingerprint density at radius 2 is 1.63 bits per heavy atom. The number of hydrogen-bond donors (Lipinski definition) is 8. The second-order valence-electron chi connectivity index (χ2n) is 10.4. The number of benzene rings is 2. The molecule has 244 valence electrons. The number of aryl methyl sites for hydroxylation is 1. The molecule has 1 aliphatic heterocycles. The van der Waals surface area contributed by atoms with Gasteiger partial charge in [0.15, 0.2) is 11.6 Å². The molecule has 1 aliphatic rings. The molecule has 0 aliphatic carbocycles. The number of hydrogen-bond acceptors (Lipinski definition) is 10. The van der Waals surface area contributed by atoms with Crippen molar-refractivity contribution in [2.24, 2.45) is 16.6 Å². The number of carboxylic acid groups (broad SMARTS) is 3. The summed E-state index contributed by atoms with van der Waals surface area (Å²) in [5.74, 6) is -6.37. The highest BCUT2D eigenvalue weighted by molar-refractivity contribution is 6.04. The number of oxime groups is 1. The van der Waals surface area contributed by atoms with E-state index in [0.717, 1.165) is 0 Å². The Kier molecular flexibility index (Phi) is 11.3. The number of aliphatic carboxylic acids is 3. The normalized spacial score (nSPS) is 13.8. The number of amides is 2. The smallest absolute Gasteiger partial charge is 0.343 e. The third-order valence-electron chi connectivity index (χ3n) is 6.72. The van der Waals surface area contributed by atoms with Gasteiger partial charge in [-0.2, -0.15) is 0 Å². The molecule has 46 heavy (non-hydrogen) atoms. The molecule has 0 spiro atoms. The molecule has 17 heteroatoms. The van der Waals surface area contributed by atoms with Crippen molar-refractivity contribution >= 4 is 53.1 Å². The van der Waals surface area contributed by atoms with Crippen LogP contribution in [0, 0.1) is 5.41 Å². The molecule has 2 aromatic rings. The molecule has 3 rings (SSSR count). The number of guanidine groups is 1. The molecule has 0 aromatic heterocycles. The maximum Gasteiger partial charge on any atom is 0.343 e. The number of nitrogens with two attached hydrogens (primary N) is 2. The average molecular weight is 641 g/mol. The summed E-state index contributed by atoms with van der Waals surface area (Å²) in [6.45, 7) is 0. The van der Waals surface area contributed by atoms with Gasteiger partial charge in [-0.1, -0.05) is 11.2 Å². The van der Waals surface area contributed by atoms with Crippen LogP contribution < -0.4 is 26.8 Å². The van der Waals surface area contributed by atoms with Crippen LogP contribution in [0.1, 0.15) is 60.0 Å². The fourth-order valence-corrected chi connectivity index (χ4v) is 4.64. The molecule has 17 nitrogen and oxygen atoms in total. The van der Waals surface area contributed by atoms with Crippen molar-refractivity contribution < 1.29 is 53.7 Å². The van der Waals surface area contributed by atoms with Crippen LogP contribution in [0.25, 0.3) is 0 Å². The summed E-state index contributed by atoms with van der Waals surface area (Å²) in [5, 5.41) is 44.3. The van der Waals surface area contributed by atoms with Crippen LogP contribution in [0.3, 0.4) is 0 Å². The second kappa shape index (κ2) is 15.1. The largest absolute Gasteiger partial charge is 0.481 e. The predicted octanol–water partition coefficient (Wildman–Crippen LogP) is 0.791. The fraction of sp³-hybridized carbons (Fsp3) is 0.310. The van der Waals surface area contributed by atoms with Gasteiger partial charge in [0.25, 0.3) is 0 Å². The Bertz CT molecular complexity index is 1560. The topological polar surface area (TPSA) is 294 Å². The first kappa shape index (κ1) is 34.5. The van der Waals surface area contributed by atoms with E-state index in [4.69, 9.17) is 26.5 Å². The van der Waals surface area contributed by atoms with Crippen LogP contribution in [0.2, 0.25) is 0 Å². The number of rotatable bonds is 16. The van der Waals surface area contributed by atoms with E-state index in [1.165, 1.54) is 42.5 Å². The van der Waals surface area contributed by atoms with Crippen LogP contribution in [-0.2, 0) is 35.2 Å². The molecular weight excluding hydrogens is 608 g/mol. The molecule has 0 radical (unpaired) electrons. The number of anilines is 1. The highest BCUT2D eigenvalue weighted by Gasteiger charge is 2.44. The van der Waals surface area contributed by atoms with Crippen LogP contribution in [-0.4, -0.2) is 74.3 Å². The summed E-state index contributed by atoms with van der Waals surface area (Å²) in [7, 11) is 0. The molecule has 2 aromatic carbocycles. The number of carboxylic acids is 3. The molecule has 0 fully saturated rings. The van der Waals surface area contributed by atoms with E-state index in [1.54, 1.807) is 0 Å². The quantitative estimate of drug-likeness (QED) is 0.0545. The number of ether oxygens (including phenoxy) is 1. The van der Waals surface area contributed by atoms with Crippen LogP contribution >= 0.6 is 0 Å². The van der Waals surface area contributed by atoms with E-state index in [-0.39, 0.29) is 60.7 Å². The standard InChI is InChI=1S/C29H32N6O11/c30-22(36)9-8-20(26(42)43)34-23(37)10-4-15-3-7-18(45-27(44)16-1-5-17(6-2-16)33-28(31)32)11-19(15)21-12-29(46-35-21,13-24(38)39)14-25(40)41/h1-3,5-7,11,20H,4,8-10,12-14H2,(H2,30,36)(H,34,37)(H,38,39)(H,40,41)(H,42,43)(H4,31,32,33)/t20-/m0/s1. The molecule has 0 saturated heterocycles. The van der Waals surface area contributed by atoms with E-state index in [2.05, 4.69) is 15.8 Å². The van der Waals surface area contributed by atoms with Crippen molar-refractivity contribution in [3.8, 4) is 5.75 Å². The van der Waals surface area contributed by atoms with E-state index in [1.807, 2.05) is 0 Å². The number of carbonyl (C=O) groups is 6. The summed E-state index contributed by atoms with van der Waals surface area (Å²) in [6.07, 6.45) is -2.26. The van der Waals surface area contributed by atoms with E-state index in [9.17, 15) is 44.1 Å². The lowest BCUT2D eigenvalue weighted by Crippen LogP contribution is -2.41. The Morgan fingerprint density at radius 1 is 0.978 bits per heavy atom. The minimum Gasteiger partial charge on any atom is -0.481 e. The van der Waals surface area contributed by atoms with Crippen molar-refractivity contribution in [2.75, 3.05) is 5.32 Å². The summed E-state index contributed by atoms with van der Waals surface area (Å²) in [4.78, 5) is 76.5. The van der Waals surface area contributed by atoms with Gasteiger partial charge < -0.3 is 47.0 Å². The molecule has 1 heterocycles. The number of nitrogens with one attached hydrogen (secondary N) is 3. The maximum atomic E-state index is 12.9. The van der Waals surface area contributed by atoms with Crippen LogP contribution in [0.15, 0.2) is 47.6 Å². The van der Waals surface area contributed by atoms with Crippen LogP contribution in [0.5, 0.6) is 5.75 Å². The van der Waals surface area contributed by atoms with E-state index < -0.39 is 60.2 Å². The van der Waals surface area contributed by atoms with E-state index >= 15 is 0 Å². The first-order valence-electron chi connectivity index (χ1n) is 13.7. The third kappa shape index (κ3) is 10.0. The molecule has 10 N–H and O–H groups in total. The van der Waals surface area contributed by atoms with Gasteiger partial charge in [-0.05, 0) is 54.8 Å². The van der Waals surface area contributed by atoms with Gasteiger partial charge in [-0.15, -0.1) is 0 Å². The number of esters is 1. The summed E-state index contributed by atoms with van der Waals surface area (Å²) < 4.78 is 5.52. The average Bonchev–Trinajstić information content (AvgIpc) is 3.36. The van der Waals surface area contributed by atoms with Gasteiger partial charge in [0.05, 0.1) is 24.1 Å². The third-order valence-corrected chi connectivity index (χ3v) is 6.72. The maximum absolute atomic E-state index is 12.9. The molecule has 1 atom stereocenters. The van der Waals surface area contributed by atoms with Crippen molar-refractivity contribution in [3.63, 3.8) is 0 Å². The number of nitrogens with zero attached hydrogens (tertiary/aromatic N) is 1. The highest BCUT2D eigenvalue weighted by atomic mass is 16.7.